The number of carbonyl (C=O) groups is 2. The topological polar surface area (TPSA) is 80.6 Å². The number of hydrogen-bond acceptors (Lipinski definition) is 5. The first-order chi connectivity index (χ1) is 13.6. The minimum atomic E-state index is 0.103. The summed E-state index contributed by atoms with van der Waals surface area (Å²) in [7, 11) is 0. The second kappa shape index (κ2) is 8.59. The summed E-state index contributed by atoms with van der Waals surface area (Å²) in [5.74, 6) is 2.62. The van der Waals surface area contributed by atoms with Gasteiger partial charge in [0.2, 0.25) is 11.8 Å². The van der Waals surface area contributed by atoms with E-state index < -0.39 is 0 Å². The van der Waals surface area contributed by atoms with Crippen LogP contribution in [0.15, 0.2) is 0 Å². The maximum absolute atomic E-state index is 12.8. The molecule has 28 heavy (non-hydrogen) atoms. The maximum atomic E-state index is 12.8. The Balaban J connectivity index is 1.38. The molecule has 1 aromatic rings. The number of hydrogen-bond donors (Lipinski definition) is 0. The number of amides is 2. The molecule has 0 aliphatic carbocycles. The summed E-state index contributed by atoms with van der Waals surface area (Å²) < 4.78 is 7.71. The molecule has 0 aromatic carbocycles. The van der Waals surface area contributed by atoms with E-state index in [-0.39, 0.29) is 17.9 Å². The highest BCUT2D eigenvalue weighted by Gasteiger charge is 2.32. The molecule has 3 aliphatic rings. The molecule has 1 aromatic heterocycles. The van der Waals surface area contributed by atoms with Crippen LogP contribution in [0.3, 0.4) is 0 Å². The van der Waals surface area contributed by atoms with Crippen LogP contribution < -0.4 is 0 Å². The lowest BCUT2D eigenvalue weighted by atomic mass is 9.99. The molecule has 3 aliphatic heterocycles. The molecule has 154 valence electrons. The van der Waals surface area contributed by atoms with Crippen molar-refractivity contribution < 1.29 is 14.3 Å². The Morgan fingerprint density at radius 2 is 2.00 bits per heavy atom. The van der Waals surface area contributed by atoms with Crippen LogP contribution in [0.25, 0.3) is 0 Å². The van der Waals surface area contributed by atoms with Crippen molar-refractivity contribution in [3.8, 4) is 0 Å². The van der Waals surface area contributed by atoms with Gasteiger partial charge in [-0.2, -0.15) is 0 Å². The summed E-state index contributed by atoms with van der Waals surface area (Å²) in [6.45, 7) is 6.19. The van der Waals surface area contributed by atoms with Crippen LogP contribution >= 0.6 is 0 Å². The fraction of sp³-hybridized carbons (Fsp3) is 0.800. The lowest BCUT2D eigenvalue weighted by Crippen LogP contribution is -2.42. The number of ether oxygens (including phenoxy) is 1. The zero-order valence-corrected chi connectivity index (χ0v) is 16.8. The lowest BCUT2D eigenvalue weighted by Gasteiger charge is -2.34. The standard InChI is InChI=1S/C20H31N5O3/c1-15-13-24(19(27)6-10-23-9-4-2-3-5-18(23)26)14-17-21-22-20(25(15)17)16-7-11-28-12-8-16/h15-16H,2-14H2,1H3/t15-/m0/s1. The van der Waals surface area contributed by atoms with Gasteiger partial charge in [0.25, 0.3) is 0 Å². The van der Waals surface area contributed by atoms with Crippen molar-refractivity contribution in [1.29, 1.82) is 0 Å². The SMILES string of the molecule is C[C@H]1CN(C(=O)CCN2CCCCCC2=O)Cc2nnc(C3CCOCC3)n21. The summed E-state index contributed by atoms with van der Waals surface area (Å²) in [4.78, 5) is 28.7. The van der Waals surface area contributed by atoms with E-state index in [1.54, 1.807) is 0 Å². The summed E-state index contributed by atoms with van der Waals surface area (Å²) in [5.41, 5.74) is 0. The van der Waals surface area contributed by atoms with Crippen molar-refractivity contribution in [3.63, 3.8) is 0 Å². The van der Waals surface area contributed by atoms with E-state index >= 15 is 0 Å². The molecule has 0 spiro atoms. The summed E-state index contributed by atoms with van der Waals surface area (Å²) >= 11 is 0. The van der Waals surface area contributed by atoms with E-state index in [0.29, 0.717) is 38.4 Å². The first-order valence-electron chi connectivity index (χ1n) is 10.7. The number of aromatic nitrogens is 3. The third-order valence-electron chi connectivity index (χ3n) is 6.26. The molecule has 1 atom stereocenters. The first-order valence-corrected chi connectivity index (χ1v) is 10.7. The van der Waals surface area contributed by atoms with Crippen LogP contribution in [0, 0.1) is 0 Å². The number of fused-ring (bicyclic) bond motifs is 1. The summed E-state index contributed by atoms with van der Waals surface area (Å²) in [5, 5.41) is 8.88. The Bertz CT molecular complexity index is 713. The van der Waals surface area contributed by atoms with E-state index in [2.05, 4.69) is 21.7 Å². The Morgan fingerprint density at radius 1 is 1.18 bits per heavy atom. The van der Waals surface area contributed by atoms with Gasteiger partial charge in [-0.1, -0.05) is 6.42 Å². The molecule has 0 saturated carbocycles. The summed E-state index contributed by atoms with van der Waals surface area (Å²) in [6.07, 6.45) is 6.09. The molecule has 0 bridgehead atoms. The largest absolute Gasteiger partial charge is 0.381 e. The molecule has 4 heterocycles. The van der Waals surface area contributed by atoms with Crippen LogP contribution in [0.2, 0.25) is 0 Å². The van der Waals surface area contributed by atoms with E-state index in [1.165, 1.54) is 0 Å². The van der Waals surface area contributed by atoms with Crippen molar-refractivity contribution >= 4 is 11.8 Å². The summed E-state index contributed by atoms with van der Waals surface area (Å²) in [6, 6.07) is 0.167. The minimum Gasteiger partial charge on any atom is -0.381 e. The van der Waals surface area contributed by atoms with Crippen molar-refractivity contribution in [1.82, 2.24) is 24.6 Å². The maximum Gasteiger partial charge on any atom is 0.224 e. The number of rotatable bonds is 4. The van der Waals surface area contributed by atoms with Gasteiger partial charge in [-0.25, -0.2) is 0 Å². The van der Waals surface area contributed by atoms with E-state index in [9.17, 15) is 9.59 Å². The van der Waals surface area contributed by atoms with Gasteiger partial charge in [-0.3, -0.25) is 9.59 Å². The molecule has 8 nitrogen and oxygen atoms in total. The van der Waals surface area contributed by atoms with Gasteiger partial charge in [0.1, 0.15) is 5.82 Å². The normalized spacial score (nSPS) is 24.2. The molecule has 0 radical (unpaired) electrons. The number of nitrogens with zero attached hydrogens (tertiary/aromatic N) is 5. The van der Waals surface area contributed by atoms with Gasteiger partial charge in [-0.15, -0.1) is 10.2 Å². The number of carbonyl (C=O) groups excluding carboxylic acids is 2. The zero-order valence-electron chi connectivity index (χ0n) is 16.8. The average Bonchev–Trinajstić information content (AvgIpc) is 3.04. The van der Waals surface area contributed by atoms with E-state index in [4.69, 9.17) is 4.74 Å². The van der Waals surface area contributed by atoms with Crippen LogP contribution in [0.5, 0.6) is 0 Å². The van der Waals surface area contributed by atoms with Crippen molar-refractivity contribution in [2.45, 2.75) is 70.4 Å². The van der Waals surface area contributed by atoms with Gasteiger partial charge in [-0.05, 0) is 32.6 Å². The first kappa shape index (κ1) is 19.4. The van der Waals surface area contributed by atoms with Crippen molar-refractivity contribution in [2.75, 3.05) is 32.8 Å². The fourth-order valence-corrected chi connectivity index (χ4v) is 4.65. The molecule has 0 N–H and O–H groups in total. The van der Waals surface area contributed by atoms with Crippen LogP contribution in [0.4, 0.5) is 0 Å². The Hall–Kier alpha value is -1.96. The van der Waals surface area contributed by atoms with Crippen LogP contribution in [0.1, 0.15) is 75.5 Å². The monoisotopic (exact) mass is 389 g/mol. The molecule has 0 unspecified atom stereocenters. The highest BCUT2D eigenvalue weighted by molar-refractivity contribution is 5.79. The molecular weight excluding hydrogens is 358 g/mol. The predicted molar refractivity (Wildman–Crippen MR) is 103 cm³/mol. The highest BCUT2D eigenvalue weighted by atomic mass is 16.5. The van der Waals surface area contributed by atoms with Gasteiger partial charge in [0.05, 0.1) is 12.6 Å². The average molecular weight is 390 g/mol. The van der Waals surface area contributed by atoms with Gasteiger partial charge < -0.3 is 19.1 Å². The highest BCUT2D eigenvalue weighted by Crippen LogP contribution is 2.31. The smallest absolute Gasteiger partial charge is 0.224 e. The Kier molecular flexibility index (Phi) is 5.94. The second-order valence-electron chi connectivity index (χ2n) is 8.30. The predicted octanol–water partition coefficient (Wildman–Crippen LogP) is 1.87. The third-order valence-corrected chi connectivity index (χ3v) is 6.26. The van der Waals surface area contributed by atoms with Crippen LogP contribution in [-0.2, 0) is 20.9 Å². The molecule has 2 fully saturated rings. The molecule has 2 amide bonds. The van der Waals surface area contributed by atoms with E-state index in [0.717, 1.165) is 63.5 Å². The Labute approximate surface area is 166 Å². The number of likely N-dealkylation sites (tertiary alicyclic amines) is 1. The second-order valence-corrected chi connectivity index (χ2v) is 8.30. The fourth-order valence-electron chi connectivity index (χ4n) is 4.65. The van der Waals surface area contributed by atoms with Crippen LogP contribution in [-0.4, -0.2) is 69.2 Å². The quantitative estimate of drug-likeness (QED) is 0.785. The zero-order chi connectivity index (χ0) is 19.5. The molecule has 4 rings (SSSR count). The van der Waals surface area contributed by atoms with Gasteiger partial charge >= 0.3 is 0 Å². The lowest BCUT2D eigenvalue weighted by molar-refractivity contribution is -0.135. The molecule has 2 saturated heterocycles. The van der Waals surface area contributed by atoms with E-state index in [1.807, 2.05) is 9.80 Å². The minimum absolute atomic E-state index is 0.103. The molecular formula is C20H31N5O3. The van der Waals surface area contributed by atoms with Gasteiger partial charge in [0, 0.05) is 51.6 Å². The van der Waals surface area contributed by atoms with Crippen molar-refractivity contribution in [3.05, 3.63) is 11.6 Å². The third kappa shape index (κ3) is 4.06. The van der Waals surface area contributed by atoms with Gasteiger partial charge in [0.15, 0.2) is 5.82 Å². The molecule has 8 heteroatoms. The van der Waals surface area contributed by atoms with Crippen molar-refractivity contribution in [2.24, 2.45) is 0 Å². The Morgan fingerprint density at radius 3 is 2.82 bits per heavy atom.